The molecule has 1 aromatic carbocycles. The van der Waals surface area contributed by atoms with Crippen LogP contribution in [0.25, 0.3) is 0 Å². The number of anilines is 1. The molecule has 1 heterocycles. The van der Waals surface area contributed by atoms with Crippen LogP contribution >= 0.6 is 22.6 Å². The number of morpholine rings is 1. The molecule has 7 heteroatoms. The molecule has 6 nitrogen and oxygen atoms in total. The Labute approximate surface area is 118 Å². The van der Waals surface area contributed by atoms with E-state index in [1.165, 1.54) is 6.07 Å². The van der Waals surface area contributed by atoms with Crippen molar-refractivity contribution in [1.29, 1.82) is 0 Å². The summed E-state index contributed by atoms with van der Waals surface area (Å²) in [5.74, 6) is 0. The molecule has 1 aliphatic rings. The van der Waals surface area contributed by atoms with Gasteiger partial charge in [0.1, 0.15) is 0 Å². The predicted molar refractivity (Wildman–Crippen MR) is 74.9 cm³/mol. The Morgan fingerprint density at radius 1 is 1.61 bits per heavy atom. The van der Waals surface area contributed by atoms with Gasteiger partial charge in [-0.2, -0.15) is 0 Å². The van der Waals surface area contributed by atoms with Crippen molar-refractivity contribution in [3.63, 3.8) is 0 Å². The van der Waals surface area contributed by atoms with Crippen LogP contribution in [0.5, 0.6) is 0 Å². The van der Waals surface area contributed by atoms with Crippen LogP contribution in [0.4, 0.5) is 11.4 Å². The maximum Gasteiger partial charge on any atom is 0.270 e. The molecule has 1 N–H and O–H groups in total. The molecule has 98 valence electrons. The molecule has 1 fully saturated rings. The Morgan fingerprint density at radius 2 is 2.39 bits per heavy atom. The van der Waals surface area contributed by atoms with Crippen LogP contribution in [-0.4, -0.2) is 42.4 Å². The van der Waals surface area contributed by atoms with E-state index in [0.717, 1.165) is 15.8 Å². The zero-order valence-corrected chi connectivity index (χ0v) is 11.7. The number of aliphatic hydroxyl groups is 1. The van der Waals surface area contributed by atoms with Crippen LogP contribution in [0.2, 0.25) is 0 Å². The van der Waals surface area contributed by atoms with Crippen molar-refractivity contribution < 1.29 is 14.8 Å². The van der Waals surface area contributed by atoms with Crippen LogP contribution in [0, 0.1) is 13.7 Å². The third kappa shape index (κ3) is 2.90. The fraction of sp³-hybridized carbons (Fsp3) is 0.455. The first-order chi connectivity index (χ1) is 8.61. The number of non-ortho nitro benzene ring substituents is 1. The first kappa shape index (κ1) is 13.5. The number of rotatable bonds is 3. The Balaban J connectivity index is 2.20. The Morgan fingerprint density at radius 3 is 3.00 bits per heavy atom. The van der Waals surface area contributed by atoms with Gasteiger partial charge in [-0.1, -0.05) is 0 Å². The van der Waals surface area contributed by atoms with E-state index >= 15 is 0 Å². The van der Waals surface area contributed by atoms with Gasteiger partial charge in [-0.15, -0.1) is 0 Å². The first-order valence-electron chi connectivity index (χ1n) is 5.53. The van der Waals surface area contributed by atoms with E-state index in [4.69, 9.17) is 9.84 Å². The summed E-state index contributed by atoms with van der Waals surface area (Å²) >= 11 is 2.09. The molecule has 0 aliphatic carbocycles. The average molecular weight is 364 g/mol. The largest absolute Gasteiger partial charge is 0.394 e. The lowest BCUT2D eigenvalue weighted by atomic mass is 10.2. The maximum absolute atomic E-state index is 10.7. The van der Waals surface area contributed by atoms with Gasteiger partial charge in [0, 0.05) is 28.8 Å². The van der Waals surface area contributed by atoms with Crippen LogP contribution in [0.3, 0.4) is 0 Å². The molecule has 0 spiro atoms. The van der Waals surface area contributed by atoms with Gasteiger partial charge in [0.05, 0.1) is 29.9 Å². The number of nitro benzene ring substituents is 1. The normalized spacial score (nSPS) is 19.9. The Bertz CT molecular complexity index is 455. The van der Waals surface area contributed by atoms with Crippen molar-refractivity contribution in [2.24, 2.45) is 0 Å². The molecular weight excluding hydrogens is 351 g/mol. The van der Waals surface area contributed by atoms with Gasteiger partial charge < -0.3 is 14.7 Å². The highest BCUT2D eigenvalue weighted by molar-refractivity contribution is 14.1. The maximum atomic E-state index is 10.7. The van der Waals surface area contributed by atoms with Gasteiger partial charge in [-0.25, -0.2) is 0 Å². The predicted octanol–water partition coefficient (Wildman–Crippen LogP) is 1.40. The summed E-state index contributed by atoms with van der Waals surface area (Å²) in [7, 11) is 0. The van der Waals surface area contributed by atoms with E-state index < -0.39 is 4.92 Å². The van der Waals surface area contributed by atoms with E-state index in [1.54, 1.807) is 12.1 Å². The van der Waals surface area contributed by atoms with Crippen LogP contribution in [0.15, 0.2) is 18.2 Å². The van der Waals surface area contributed by atoms with Crippen molar-refractivity contribution >= 4 is 34.0 Å². The van der Waals surface area contributed by atoms with Gasteiger partial charge in [-0.3, -0.25) is 10.1 Å². The number of nitrogens with zero attached hydrogens (tertiary/aromatic N) is 2. The highest BCUT2D eigenvalue weighted by Gasteiger charge is 2.22. The lowest BCUT2D eigenvalue weighted by molar-refractivity contribution is -0.384. The van der Waals surface area contributed by atoms with Gasteiger partial charge >= 0.3 is 0 Å². The van der Waals surface area contributed by atoms with Gasteiger partial charge in [-0.05, 0) is 28.7 Å². The lowest BCUT2D eigenvalue weighted by Crippen LogP contribution is -2.44. The molecule has 0 bridgehead atoms. The smallest absolute Gasteiger partial charge is 0.270 e. The minimum absolute atomic E-state index is 0.0138. The summed E-state index contributed by atoms with van der Waals surface area (Å²) in [6.07, 6.45) is -0.190. The fourth-order valence-electron chi connectivity index (χ4n) is 1.91. The summed E-state index contributed by atoms with van der Waals surface area (Å²) in [5.41, 5.74) is 1.04. The highest BCUT2D eigenvalue weighted by atomic mass is 127. The molecule has 1 aliphatic heterocycles. The molecule has 0 aromatic heterocycles. The van der Waals surface area contributed by atoms with E-state index in [2.05, 4.69) is 27.5 Å². The zero-order chi connectivity index (χ0) is 13.1. The summed E-state index contributed by atoms with van der Waals surface area (Å²) in [5, 5.41) is 19.8. The first-order valence-corrected chi connectivity index (χ1v) is 6.61. The van der Waals surface area contributed by atoms with Crippen LogP contribution in [0.1, 0.15) is 0 Å². The summed E-state index contributed by atoms with van der Waals surface area (Å²) in [4.78, 5) is 12.4. The fourth-order valence-corrected chi connectivity index (χ4v) is 2.75. The summed E-state index contributed by atoms with van der Waals surface area (Å²) in [6, 6.07) is 4.81. The molecule has 1 aromatic rings. The van der Waals surface area contributed by atoms with E-state index in [0.29, 0.717) is 13.2 Å². The molecule has 2 rings (SSSR count). The summed E-state index contributed by atoms with van der Waals surface area (Å²) in [6.45, 7) is 1.87. The van der Waals surface area contributed by atoms with E-state index in [1.807, 2.05) is 0 Å². The number of ether oxygens (including phenoxy) is 1. The minimum Gasteiger partial charge on any atom is -0.394 e. The summed E-state index contributed by atoms with van der Waals surface area (Å²) < 4.78 is 6.21. The molecule has 1 saturated heterocycles. The van der Waals surface area contributed by atoms with Gasteiger partial charge in [0.15, 0.2) is 0 Å². The third-order valence-electron chi connectivity index (χ3n) is 2.83. The molecule has 0 amide bonds. The van der Waals surface area contributed by atoms with Crippen molar-refractivity contribution in [3.05, 3.63) is 31.9 Å². The Hall–Kier alpha value is -0.930. The number of nitro groups is 1. The second kappa shape index (κ2) is 5.81. The lowest BCUT2D eigenvalue weighted by Gasteiger charge is -2.34. The molecular formula is C11H13IN2O4. The van der Waals surface area contributed by atoms with E-state index in [9.17, 15) is 10.1 Å². The zero-order valence-electron chi connectivity index (χ0n) is 9.58. The minimum atomic E-state index is -0.401. The number of halogens is 1. The van der Waals surface area contributed by atoms with Gasteiger partial charge in [0.2, 0.25) is 0 Å². The van der Waals surface area contributed by atoms with Crippen molar-refractivity contribution in [2.75, 3.05) is 31.2 Å². The monoisotopic (exact) mass is 364 g/mol. The molecule has 0 radical (unpaired) electrons. The third-order valence-corrected chi connectivity index (χ3v) is 3.69. The topological polar surface area (TPSA) is 75.8 Å². The van der Waals surface area contributed by atoms with Crippen molar-refractivity contribution in [2.45, 2.75) is 6.10 Å². The second-order valence-electron chi connectivity index (χ2n) is 4.01. The number of aliphatic hydroxyl groups excluding tert-OH is 1. The number of hydrogen-bond acceptors (Lipinski definition) is 5. The molecule has 1 unspecified atom stereocenters. The molecule has 18 heavy (non-hydrogen) atoms. The highest BCUT2D eigenvalue weighted by Crippen LogP contribution is 2.28. The van der Waals surface area contributed by atoms with E-state index in [-0.39, 0.29) is 18.4 Å². The van der Waals surface area contributed by atoms with Crippen LogP contribution in [-0.2, 0) is 4.74 Å². The number of benzene rings is 1. The average Bonchev–Trinajstić information content (AvgIpc) is 2.38. The SMILES string of the molecule is O=[N+]([O-])c1ccc(N2CCOC(CO)C2)c(I)c1. The quantitative estimate of drug-likeness (QED) is 0.499. The molecule has 1 atom stereocenters. The van der Waals surface area contributed by atoms with Crippen molar-refractivity contribution in [3.8, 4) is 0 Å². The van der Waals surface area contributed by atoms with Crippen molar-refractivity contribution in [1.82, 2.24) is 0 Å². The number of hydrogen-bond donors (Lipinski definition) is 1. The molecule has 0 saturated carbocycles. The second-order valence-corrected chi connectivity index (χ2v) is 5.18. The Kier molecular flexibility index (Phi) is 4.36. The van der Waals surface area contributed by atoms with Gasteiger partial charge in [0.25, 0.3) is 5.69 Å². The standard InChI is InChI=1S/C11H13IN2O4/c12-10-5-8(14(16)17)1-2-11(10)13-3-4-18-9(6-13)7-15/h1-2,5,9,15H,3-4,6-7H2. The van der Waals surface area contributed by atoms with Crippen LogP contribution < -0.4 is 4.90 Å².